The molecule has 0 spiro atoms. The molecule has 3 aromatic carbocycles. The fourth-order valence-electron chi connectivity index (χ4n) is 3.12. The van der Waals surface area contributed by atoms with Gasteiger partial charge in [-0.05, 0) is 48.4 Å². The van der Waals surface area contributed by atoms with Crippen LogP contribution in [-0.2, 0) is 16.1 Å². The van der Waals surface area contributed by atoms with Gasteiger partial charge in [-0.1, -0.05) is 48.0 Å². The lowest BCUT2D eigenvalue weighted by atomic mass is 10.1. The lowest BCUT2D eigenvalue weighted by Crippen LogP contribution is -2.16. The van der Waals surface area contributed by atoms with E-state index in [1.165, 1.54) is 31.9 Å². The van der Waals surface area contributed by atoms with Crippen molar-refractivity contribution in [3.05, 3.63) is 94.6 Å². The van der Waals surface area contributed by atoms with Crippen LogP contribution in [0, 0.1) is 18.3 Å². The summed E-state index contributed by atoms with van der Waals surface area (Å²) >= 11 is 0. The number of ether oxygens (including phenoxy) is 3. The zero-order valence-electron chi connectivity index (χ0n) is 19.1. The molecule has 0 atom stereocenters. The second-order valence-corrected chi connectivity index (χ2v) is 7.35. The summed E-state index contributed by atoms with van der Waals surface area (Å²) in [5.41, 5.74) is 3.06. The monoisotopic (exact) mass is 456 g/mol. The smallest absolute Gasteiger partial charge is 0.339 e. The fraction of sp³-hybridized carbons (Fsp3) is 0.148. The Balaban J connectivity index is 1.78. The molecule has 0 aliphatic rings. The third kappa shape index (κ3) is 6.02. The highest BCUT2D eigenvalue weighted by molar-refractivity contribution is 6.12. The summed E-state index contributed by atoms with van der Waals surface area (Å²) in [5, 5.41) is 12.1. The zero-order valence-corrected chi connectivity index (χ0v) is 19.1. The number of esters is 1. The molecule has 172 valence electrons. The van der Waals surface area contributed by atoms with Crippen LogP contribution in [0.2, 0.25) is 0 Å². The number of methoxy groups -OCH3 is 2. The number of carbonyl (C=O) groups is 2. The average Bonchev–Trinajstić information content (AvgIpc) is 2.87. The van der Waals surface area contributed by atoms with Crippen LogP contribution in [0.4, 0.5) is 5.69 Å². The molecule has 7 nitrogen and oxygen atoms in total. The number of anilines is 1. The van der Waals surface area contributed by atoms with Gasteiger partial charge in [0.2, 0.25) is 0 Å². The number of amides is 1. The molecule has 3 aromatic rings. The molecule has 0 unspecified atom stereocenters. The number of nitriles is 1. The van der Waals surface area contributed by atoms with Crippen molar-refractivity contribution in [1.29, 1.82) is 5.26 Å². The summed E-state index contributed by atoms with van der Waals surface area (Å²) in [6, 6.07) is 21.4. The summed E-state index contributed by atoms with van der Waals surface area (Å²) in [6.07, 6.45) is 1.43. The van der Waals surface area contributed by atoms with Gasteiger partial charge in [0.05, 0.1) is 25.5 Å². The first-order valence-electron chi connectivity index (χ1n) is 10.4. The molecule has 7 heteroatoms. The second kappa shape index (κ2) is 11.3. The number of rotatable bonds is 8. The van der Waals surface area contributed by atoms with Crippen LogP contribution >= 0.6 is 0 Å². The topological polar surface area (TPSA) is 97.7 Å². The van der Waals surface area contributed by atoms with Crippen molar-refractivity contribution in [3.8, 4) is 17.6 Å². The first kappa shape index (κ1) is 24.1. The maximum Gasteiger partial charge on any atom is 0.339 e. The number of aryl methyl sites for hydroxylation is 1. The molecule has 0 fully saturated rings. The van der Waals surface area contributed by atoms with Crippen LogP contribution in [0.3, 0.4) is 0 Å². The number of nitrogens with one attached hydrogen (secondary N) is 1. The molecule has 3 rings (SSSR count). The molecule has 0 aliphatic carbocycles. The second-order valence-electron chi connectivity index (χ2n) is 7.35. The van der Waals surface area contributed by atoms with Crippen molar-refractivity contribution < 1.29 is 23.8 Å². The van der Waals surface area contributed by atoms with Crippen LogP contribution in [0.1, 0.15) is 27.0 Å². The van der Waals surface area contributed by atoms with Crippen molar-refractivity contribution in [1.82, 2.24) is 0 Å². The van der Waals surface area contributed by atoms with Gasteiger partial charge in [-0.15, -0.1) is 0 Å². The van der Waals surface area contributed by atoms with E-state index in [-0.39, 0.29) is 16.8 Å². The Morgan fingerprint density at radius 3 is 2.41 bits per heavy atom. The first-order valence-corrected chi connectivity index (χ1v) is 10.4. The quantitative estimate of drug-likeness (QED) is 0.294. The van der Waals surface area contributed by atoms with Gasteiger partial charge in [-0.3, -0.25) is 4.79 Å². The SMILES string of the molecule is COC(=O)c1ccccc1NC(=O)/C(C#N)=C/c1ccc(OCc2ccc(C)cc2)c(OC)c1. The predicted octanol–water partition coefficient (Wildman–Crippen LogP) is 4.91. The lowest BCUT2D eigenvalue weighted by Gasteiger charge is -2.12. The predicted molar refractivity (Wildman–Crippen MR) is 129 cm³/mol. The van der Waals surface area contributed by atoms with E-state index in [9.17, 15) is 14.9 Å². The molecule has 0 aromatic heterocycles. The minimum absolute atomic E-state index is 0.143. The zero-order chi connectivity index (χ0) is 24.5. The van der Waals surface area contributed by atoms with Gasteiger partial charge in [0, 0.05) is 0 Å². The van der Waals surface area contributed by atoms with Crippen molar-refractivity contribution in [3.63, 3.8) is 0 Å². The van der Waals surface area contributed by atoms with Crippen molar-refractivity contribution >= 4 is 23.6 Å². The maximum atomic E-state index is 12.7. The maximum absolute atomic E-state index is 12.7. The van der Waals surface area contributed by atoms with Gasteiger partial charge >= 0.3 is 5.97 Å². The third-order valence-electron chi connectivity index (χ3n) is 4.96. The van der Waals surface area contributed by atoms with E-state index in [0.717, 1.165) is 5.56 Å². The molecule has 0 bridgehead atoms. The molecular formula is C27H24N2O5. The molecule has 0 heterocycles. The summed E-state index contributed by atoms with van der Waals surface area (Å²) < 4.78 is 16.0. The molecule has 1 amide bonds. The van der Waals surface area contributed by atoms with E-state index in [4.69, 9.17) is 14.2 Å². The number of hydrogen-bond acceptors (Lipinski definition) is 6. The molecule has 1 N–H and O–H groups in total. The summed E-state index contributed by atoms with van der Waals surface area (Å²) in [6.45, 7) is 2.39. The van der Waals surface area contributed by atoms with E-state index in [1.807, 2.05) is 37.3 Å². The Kier molecular flexibility index (Phi) is 8.03. The van der Waals surface area contributed by atoms with E-state index < -0.39 is 11.9 Å². The number of para-hydroxylation sites is 1. The lowest BCUT2D eigenvalue weighted by molar-refractivity contribution is -0.112. The van der Waals surface area contributed by atoms with Gasteiger partial charge < -0.3 is 19.5 Å². The largest absolute Gasteiger partial charge is 0.493 e. The van der Waals surface area contributed by atoms with Crippen LogP contribution in [-0.4, -0.2) is 26.1 Å². The van der Waals surface area contributed by atoms with E-state index in [0.29, 0.717) is 23.7 Å². The molecule has 0 aliphatic heterocycles. The van der Waals surface area contributed by atoms with Crippen LogP contribution in [0.25, 0.3) is 6.08 Å². The van der Waals surface area contributed by atoms with Gasteiger partial charge in [-0.2, -0.15) is 5.26 Å². The highest BCUT2D eigenvalue weighted by atomic mass is 16.5. The van der Waals surface area contributed by atoms with Gasteiger partial charge in [0.15, 0.2) is 11.5 Å². The summed E-state index contributed by atoms with van der Waals surface area (Å²) in [4.78, 5) is 24.6. The number of carbonyl (C=O) groups excluding carboxylic acids is 2. The standard InChI is InChI=1S/C27H24N2O5/c1-18-8-10-19(11-9-18)17-34-24-13-12-20(15-25(24)32-2)14-21(16-28)26(30)29-23-7-5-4-6-22(23)27(31)33-3/h4-15H,17H2,1-3H3,(H,29,30)/b21-14+. The highest BCUT2D eigenvalue weighted by Crippen LogP contribution is 2.30. The Bertz CT molecular complexity index is 1260. The Morgan fingerprint density at radius 2 is 1.74 bits per heavy atom. The summed E-state index contributed by atoms with van der Waals surface area (Å²) in [7, 11) is 2.77. The Hall–Kier alpha value is -4.57. The minimum atomic E-state index is -0.655. The number of benzene rings is 3. The first-order chi connectivity index (χ1) is 16.4. The minimum Gasteiger partial charge on any atom is -0.493 e. The van der Waals surface area contributed by atoms with Crippen molar-refractivity contribution in [2.45, 2.75) is 13.5 Å². The number of nitrogens with zero attached hydrogens (tertiary/aromatic N) is 1. The Labute approximate surface area is 198 Å². The fourth-order valence-corrected chi connectivity index (χ4v) is 3.12. The van der Waals surface area contributed by atoms with E-state index in [1.54, 1.807) is 36.4 Å². The summed E-state index contributed by atoms with van der Waals surface area (Å²) in [5.74, 6) is -0.244. The molecular weight excluding hydrogens is 432 g/mol. The Morgan fingerprint density at radius 1 is 1.00 bits per heavy atom. The molecule has 0 saturated carbocycles. The highest BCUT2D eigenvalue weighted by Gasteiger charge is 2.16. The van der Waals surface area contributed by atoms with Crippen LogP contribution in [0.15, 0.2) is 72.3 Å². The normalized spacial score (nSPS) is 10.7. The third-order valence-corrected chi connectivity index (χ3v) is 4.96. The molecule has 34 heavy (non-hydrogen) atoms. The van der Waals surface area contributed by atoms with Crippen molar-refractivity contribution in [2.75, 3.05) is 19.5 Å². The van der Waals surface area contributed by atoms with E-state index in [2.05, 4.69) is 5.32 Å². The van der Waals surface area contributed by atoms with Gasteiger partial charge in [-0.25, -0.2) is 4.79 Å². The van der Waals surface area contributed by atoms with Crippen molar-refractivity contribution in [2.24, 2.45) is 0 Å². The average molecular weight is 456 g/mol. The van der Waals surface area contributed by atoms with Gasteiger partial charge in [0.25, 0.3) is 5.91 Å². The number of hydrogen-bond donors (Lipinski definition) is 1. The van der Waals surface area contributed by atoms with Gasteiger partial charge in [0.1, 0.15) is 18.2 Å². The molecule has 0 radical (unpaired) electrons. The molecule has 0 saturated heterocycles. The van der Waals surface area contributed by atoms with Crippen LogP contribution < -0.4 is 14.8 Å². The van der Waals surface area contributed by atoms with E-state index >= 15 is 0 Å². The van der Waals surface area contributed by atoms with Crippen LogP contribution in [0.5, 0.6) is 11.5 Å².